The Morgan fingerprint density at radius 2 is 1.76 bits per heavy atom. The third-order valence-corrected chi connectivity index (χ3v) is 3.29. The molecule has 0 bridgehead atoms. The standard InChI is InChI=1S/C14H13F3N2O2/c1-9-5-3-4-6-10(9)8-19-12(20)7-11(14(15,16)17)18(2)13(19)21/h3-7H,8H2,1-2H3. The van der Waals surface area contributed by atoms with Crippen LogP contribution < -0.4 is 11.2 Å². The zero-order valence-electron chi connectivity index (χ0n) is 11.4. The number of hydrogen-bond acceptors (Lipinski definition) is 2. The lowest BCUT2D eigenvalue weighted by molar-refractivity contribution is -0.144. The van der Waals surface area contributed by atoms with Crippen molar-refractivity contribution in [3.05, 3.63) is 68.0 Å². The van der Waals surface area contributed by atoms with E-state index in [-0.39, 0.29) is 6.54 Å². The highest BCUT2D eigenvalue weighted by Crippen LogP contribution is 2.26. The first kappa shape index (κ1) is 15.1. The number of alkyl halides is 3. The summed E-state index contributed by atoms with van der Waals surface area (Å²) in [6.07, 6.45) is -4.74. The number of aryl methyl sites for hydroxylation is 1. The van der Waals surface area contributed by atoms with Crippen LogP contribution in [0.5, 0.6) is 0 Å². The van der Waals surface area contributed by atoms with Crippen LogP contribution in [-0.2, 0) is 19.8 Å². The van der Waals surface area contributed by atoms with E-state index in [1.165, 1.54) is 0 Å². The molecule has 7 heteroatoms. The highest BCUT2D eigenvalue weighted by atomic mass is 19.4. The van der Waals surface area contributed by atoms with Crippen molar-refractivity contribution in [2.24, 2.45) is 7.05 Å². The molecule has 0 spiro atoms. The topological polar surface area (TPSA) is 44.0 Å². The van der Waals surface area contributed by atoms with Gasteiger partial charge >= 0.3 is 11.9 Å². The SMILES string of the molecule is Cc1ccccc1Cn1c(=O)cc(C(F)(F)F)n(C)c1=O. The average Bonchev–Trinajstić information content (AvgIpc) is 2.39. The van der Waals surface area contributed by atoms with Crippen molar-refractivity contribution in [1.29, 1.82) is 0 Å². The van der Waals surface area contributed by atoms with Gasteiger partial charge in [-0.05, 0) is 18.1 Å². The van der Waals surface area contributed by atoms with Crippen LogP contribution in [0.15, 0.2) is 39.9 Å². The molecule has 0 fully saturated rings. The van der Waals surface area contributed by atoms with E-state index < -0.39 is 23.1 Å². The molecule has 2 aromatic rings. The summed E-state index contributed by atoms with van der Waals surface area (Å²) in [5.74, 6) is 0. The molecule has 1 heterocycles. The molecule has 0 aliphatic carbocycles. The molecule has 4 nitrogen and oxygen atoms in total. The summed E-state index contributed by atoms with van der Waals surface area (Å²) in [7, 11) is 0.999. The lowest BCUT2D eigenvalue weighted by Gasteiger charge is -2.14. The maximum absolute atomic E-state index is 12.7. The number of rotatable bonds is 2. The Labute approximate surface area is 118 Å². The van der Waals surface area contributed by atoms with Crippen molar-refractivity contribution >= 4 is 0 Å². The number of nitrogens with zero attached hydrogens (tertiary/aromatic N) is 2. The van der Waals surface area contributed by atoms with E-state index in [1.54, 1.807) is 31.2 Å². The summed E-state index contributed by atoms with van der Waals surface area (Å²) in [5, 5.41) is 0. The molecule has 0 saturated heterocycles. The molecule has 1 aromatic carbocycles. The van der Waals surface area contributed by atoms with Crippen LogP contribution in [-0.4, -0.2) is 9.13 Å². The lowest BCUT2D eigenvalue weighted by atomic mass is 10.1. The molecule has 112 valence electrons. The van der Waals surface area contributed by atoms with Crippen LogP contribution in [0.1, 0.15) is 16.8 Å². The van der Waals surface area contributed by atoms with Crippen LogP contribution in [0.3, 0.4) is 0 Å². The van der Waals surface area contributed by atoms with Gasteiger partial charge in [-0.15, -0.1) is 0 Å². The second-order valence-corrected chi connectivity index (χ2v) is 4.72. The van der Waals surface area contributed by atoms with Gasteiger partial charge in [-0.25, -0.2) is 4.79 Å². The van der Waals surface area contributed by atoms with E-state index in [9.17, 15) is 22.8 Å². The van der Waals surface area contributed by atoms with Crippen molar-refractivity contribution in [1.82, 2.24) is 9.13 Å². The second kappa shape index (κ2) is 5.23. The molecule has 0 saturated carbocycles. The fraction of sp³-hybridized carbons (Fsp3) is 0.286. The van der Waals surface area contributed by atoms with Gasteiger partial charge in [0.25, 0.3) is 5.56 Å². The van der Waals surface area contributed by atoms with Crippen LogP contribution in [0.2, 0.25) is 0 Å². The van der Waals surface area contributed by atoms with E-state index in [2.05, 4.69) is 0 Å². The predicted molar refractivity (Wildman–Crippen MR) is 71.2 cm³/mol. The number of halogens is 3. The van der Waals surface area contributed by atoms with Crippen LogP contribution in [0.25, 0.3) is 0 Å². The first-order valence-corrected chi connectivity index (χ1v) is 6.14. The first-order chi connectivity index (χ1) is 9.71. The molecular formula is C14H13F3N2O2. The average molecular weight is 298 g/mol. The maximum atomic E-state index is 12.7. The first-order valence-electron chi connectivity index (χ1n) is 6.14. The highest BCUT2D eigenvalue weighted by molar-refractivity contribution is 5.25. The summed E-state index contributed by atoms with van der Waals surface area (Å²) < 4.78 is 39.4. The van der Waals surface area contributed by atoms with Gasteiger partial charge in [0.15, 0.2) is 0 Å². The normalized spacial score (nSPS) is 11.7. The minimum Gasteiger partial charge on any atom is -0.292 e. The van der Waals surface area contributed by atoms with Gasteiger partial charge in [-0.1, -0.05) is 24.3 Å². The summed E-state index contributed by atoms with van der Waals surface area (Å²) >= 11 is 0. The van der Waals surface area contributed by atoms with Gasteiger partial charge in [-0.2, -0.15) is 13.2 Å². The van der Waals surface area contributed by atoms with Crippen molar-refractivity contribution in [2.45, 2.75) is 19.6 Å². The van der Waals surface area contributed by atoms with Gasteiger partial charge in [0, 0.05) is 13.1 Å². The fourth-order valence-corrected chi connectivity index (χ4v) is 2.05. The minimum atomic E-state index is -4.74. The molecule has 0 unspecified atom stereocenters. The summed E-state index contributed by atoms with van der Waals surface area (Å²) in [4.78, 5) is 23.8. The number of hydrogen-bond donors (Lipinski definition) is 0. The Balaban J connectivity index is 2.58. The van der Waals surface area contributed by atoms with Crippen molar-refractivity contribution in [3.63, 3.8) is 0 Å². The quantitative estimate of drug-likeness (QED) is 0.850. The van der Waals surface area contributed by atoms with Crippen molar-refractivity contribution in [3.8, 4) is 0 Å². The number of aromatic nitrogens is 2. The Hall–Kier alpha value is -2.31. The molecule has 21 heavy (non-hydrogen) atoms. The summed E-state index contributed by atoms with van der Waals surface area (Å²) in [6.45, 7) is 1.74. The zero-order valence-corrected chi connectivity index (χ0v) is 11.4. The molecule has 0 amide bonds. The van der Waals surface area contributed by atoms with E-state index in [0.29, 0.717) is 16.2 Å². The number of benzene rings is 1. The van der Waals surface area contributed by atoms with Crippen molar-refractivity contribution in [2.75, 3.05) is 0 Å². The Bertz CT molecular complexity index is 788. The Morgan fingerprint density at radius 3 is 2.33 bits per heavy atom. The third-order valence-electron chi connectivity index (χ3n) is 3.29. The van der Waals surface area contributed by atoms with Crippen LogP contribution in [0.4, 0.5) is 13.2 Å². The van der Waals surface area contributed by atoms with Crippen LogP contribution >= 0.6 is 0 Å². The smallest absolute Gasteiger partial charge is 0.292 e. The van der Waals surface area contributed by atoms with Crippen LogP contribution in [0, 0.1) is 6.92 Å². The molecule has 1 aromatic heterocycles. The lowest BCUT2D eigenvalue weighted by Crippen LogP contribution is -2.41. The molecule has 0 N–H and O–H groups in total. The van der Waals surface area contributed by atoms with Gasteiger partial charge in [0.2, 0.25) is 0 Å². The molecule has 0 radical (unpaired) electrons. The van der Waals surface area contributed by atoms with Crippen molar-refractivity contribution < 1.29 is 13.2 Å². The van der Waals surface area contributed by atoms with Gasteiger partial charge in [0.1, 0.15) is 5.69 Å². The van der Waals surface area contributed by atoms with E-state index in [4.69, 9.17) is 0 Å². The van der Waals surface area contributed by atoms with Gasteiger partial charge in [0.05, 0.1) is 6.54 Å². The predicted octanol–water partition coefficient (Wildman–Crippen LogP) is 1.92. The molecule has 0 aliphatic heterocycles. The summed E-state index contributed by atoms with van der Waals surface area (Å²) in [5.41, 5.74) is -1.65. The molecule has 2 rings (SSSR count). The van der Waals surface area contributed by atoms with Gasteiger partial charge in [-0.3, -0.25) is 13.9 Å². The van der Waals surface area contributed by atoms with E-state index >= 15 is 0 Å². The largest absolute Gasteiger partial charge is 0.431 e. The zero-order chi connectivity index (χ0) is 15.8. The van der Waals surface area contributed by atoms with E-state index in [0.717, 1.165) is 17.2 Å². The Kier molecular flexibility index (Phi) is 3.76. The summed E-state index contributed by atoms with van der Waals surface area (Å²) in [6, 6.07) is 7.50. The maximum Gasteiger partial charge on any atom is 0.431 e. The fourth-order valence-electron chi connectivity index (χ4n) is 2.05. The molecular weight excluding hydrogens is 285 g/mol. The second-order valence-electron chi connectivity index (χ2n) is 4.72. The monoisotopic (exact) mass is 298 g/mol. The minimum absolute atomic E-state index is 0.0592. The third kappa shape index (κ3) is 2.91. The highest BCUT2D eigenvalue weighted by Gasteiger charge is 2.34. The molecule has 0 atom stereocenters. The molecule has 0 aliphatic rings. The van der Waals surface area contributed by atoms with Gasteiger partial charge < -0.3 is 0 Å². The van der Waals surface area contributed by atoms with E-state index in [1.807, 2.05) is 0 Å². The Morgan fingerprint density at radius 1 is 1.14 bits per heavy atom.